The Kier molecular flexibility index (Phi) is 5.09. The van der Waals surface area contributed by atoms with Gasteiger partial charge in [0.25, 0.3) is 17.7 Å². The number of benzene rings is 1. The molecule has 0 saturated heterocycles. The van der Waals surface area contributed by atoms with Gasteiger partial charge in [0, 0.05) is 48.2 Å². The van der Waals surface area contributed by atoms with E-state index in [1.54, 1.807) is 45.2 Å². The molecule has 0 spiro atoms. The first kappa shape index (κ1) is 22.0. The lowest BCUT2D eigenvalue weighted by atomic mass is 9.87. The Hall–Kier alpha value is -3.25. The summed E-state index contributed by atoms with van der Waals surface area (Å²) in [4.78, 5) is 25.3. The minimum Gasteiger partial charge on any atom is -0.372 e. The first-order valence-electron chi connectivity index (χ1n) is 10.3. The van der Waals surface area contributed by atoms with Crippen LogP contribution in [0.1, 0.15) is 41.2 Å². The number of hydrogen-bond donors (Lipinski definition) is 2. The van der Waals surface area contributed by atoms with Gasteiger partial charge in [-0.05, 0) is 31.5 Å². The van der Waals surface area contributed by atoms with Gasteiger partial charge in [-0.15, -0.1) is 0 Å². The fourth-order valence-electron chi connectivity index (χ4n) is 4.41. The van der Waals surface area contributed by atoms with E-state index >= 15 is 0 Å². The number of aliphatic hydroxyl groups excluding tert-OH is 1. The van der Waals surface area contributed by atoms with E-state index in [1.807, 2.05) is 0 Å². The predicted octanol–water partition coefficient (Wildman–Crippen LogP) is 1.53. The third kappa shape index (κ3) is 3.26. The van der Waals surface area contributed by atoms with Crippen LogP contribution in [0.15, 0.2) is 24.3 Å². The van der Waals surface area contributed by atoms with Crippen molar-refractivity contribution in [1.29, 1.82) is 0 Å². The van der Waals surface area contributed by atoms with Crippen molar-refractivity contribution < 1.29 is 23.5 Å². The maximum absolute atomic E-state index is 14.4. The second-order valence-electron chi connectivity index (χ2n) is 8.60. The number of likely N-dealkylation sites (N-methyl/N-ethyl adjacent to an activating group) is 1. The van der Waals surface area contributed by atoms with Crippen LogP contribution in [-0.4, -0.2) is 57.2 Å². The number of primary amides is 1. The van der Waals surface area contributed by atoms with Crippen LogP contribution in [0.5, 0.6) is 0 Å². The first-order valence-corrected chi connectivity index (χ1v) is 10.3. The van der Waals surface area contributed by atoms with Gasteiger partial charge in [-0.1, -0.05) is 24.8 Å². The van der Waals surface area contributed by atoms with E-state index < -0.39 is 35.2 Å². The van der Waals surface area contributed by atoms with Crippen LogP contribution in [-0.2, 0) is 17.6 Å². The third-order valence-electron chi connectivity index (χ3n) is 6.68. The van der Waals surface area contributed by atoms with Gasteiger partial charge in [0.05, 0.1) is 5.69 Å². The number of fused-ring (bicyclic) bond motifs is 2. The van der Waals surface area contributed by atoms with E-state index in [9.17, 15) is 23.5 Å². The number of hydrogen-bond acceptors (Lipinski definition) is 4. The smallest absolute Gasteiger partial charge is 0.269 e. The van der Waals surface area contributed by atoms with Crippen LogP contribution in [0.2, 0.25) is 0 Å². The molecule has 0 bridgehead atoms. The van der Waals surface area contributed by atoms with Crippen molar-refractivity contribution in [3.63, 3.8) is 0 Å². The molecule has 2 aliphatic carbocycles. The second-order valence-corrected chi connectivity index (χ2v) is 8.60. The Labute approximate surface area is 184 Å². The molecule has 0 radical (unpaired) electrons. The average molecular weight is 442 g/mol. The summed E-state index contributed by atoms with van der Waals surface area (Å²) in [5, 5.41) is 14.3. The Balaban J connectivity index is 1.69. The molecule has 168 valence electrons. The number of aromatic nitrogens is 2. The lowest BCUT2D eigenvalue weighted by Crippen LogP contribution is -2.35. The highest BCUT2D eigenvalue weighted by Gasteiger charge is 2.78. The molecule has 4 rings (SSSR count). The fourth-order valence-corrected chi connectivity index (χ4v) is 4.41. The lowest BCUT2D eigenvalue weighted by Gasteiger charge is -2.18. The van der Waals surface area contributed by atoms with Crippen molar-refractivity contribution in [2.45, 2.75) is 38.7 Å². The van der Waals surface area contributed by atoms with Gasteiger partial charge in [0.1, 0.15) is 0 Å². The Morgan fingerprint density at radius 3 is 2.81 bits per heavy atom. The highest BCUT2D eigenvalue weighted by molar-refractivity contribution is 5.93. The molecule has 2 aromatic rings. The number of nitrogens with zero attached hydrogens (tertiary/aromatic N) is 3. The van der Waals surface area contributed by atoms with Gasteiger partial charge in [-0.2, -0.15) is 5.10 Å². The molecule has 2 aliphatic rings. The van der Waals surface area contributed by atoms with Gasteiger partial charge < -0.3 is 15.7 Å². The second kappa shape index (κ2) is 7.41. The molecule has 32 heavy (non-hydrogen) atoms. The Morgan fingerprint density at radius 2 is 2.16 bits per heavy atom. The van der Waals surface area contributed by atoms with Crippen molar-refractivity contribution in [3.05, 3.63) is 46.8 Å². The van der Waals surface area contributed by atoms with Gasteiger partial charge in [-0.25, -0.2) is 13.5 Å². The van der Waals surface area contributed by atoms with Crippen LogP contribution < -0.4 is 5.73 Å². The van der Waals surface area contributed by atoms with Crippen molar-refractivity contribution in [2.75, 3.05) is 13.6 Å². The monoisotopic (exact) mass is 442 g/mol. The number of nitrogens with two attached hydrogens (primary N) is 1. The minimum absolute atomic E-state index is 0.00450. The summed E-state index contributed by atoms with van der Waals surface area (Å²) >= 11 is 0. The number of aliphatic hydroxyl groups is 1. The van der Waals surface area contributed by atoms with Gasteiger partial charge in [0.15, 0.2) is 11.8 Å². The highest BCUT2D eigenvalue weighted by atomic mass is 19.3. The summed E-state index contributed by atoms with van der Waals surface area (Å²) in [7, 11) is 1.57. The van der Waals surface area contributed by atoms with E-state index in [2.05, 4.69) is 16.9 Å². The summed E-state index contributed by atoms with van der Waals surface area (Å²) < 4.78 is 30.2. The molecule has 2 amide bonds. The maximum atomic E-state index is 14.4. The zero-order chi connectivity index (χ0) is 23.4. The van der Waals surface area contributed by atoms with Crippen LogP contribution >= 0.6 is 0 Å². The molecule has 0 aliphatic heterocycles. The van der Waals surface area contributed by atoms with E-state index in [0.29, 0.717) is 29.1 Å². The summed E-state index contributed by atoms with van der Waals surface area (Å²) in [6.07, 6.45) is -1.33. The molecular weight excluding hydrogens is 418 g/mol. The van der Waals surface area contributed by atoms with Crippen LogP contribution in [0.25, 0.3) is 5.69 Å². The SMILES string of the molecule is CCN(C)C(=O)C(O)C#Cc1cccc(-n2nc(C(N)=O)c3c2C[C@]2(C)C(C3)C2(F)F)c1. The number of carbonyl (C=O) groups is 2. The summed E-state index contributed by atoms with van der Waals surface area (Å²) in [5.74, 6) is 0.398. The molecule has 3 N–H and O–H groups in total. The van der Waals surface area contributed by atoms with Crippen molar-refractivity contribution in [1.82, 2.24) is 14.7 Å². The van der Waals surface area contributed by atoms with Gasteiger partial charge >= 0.3 is 0 Å². The normalized spacial score (nSPS) is 23.2. The number of halogens is 2. The molecule has 1 heterocycles. The summed E-state index contributed by atoms with van der Waals surface area (Å²) in [6, 6.07) is 6.76. The van der Waals surface area contributed by atoms with Crippen LogP contribution in [0, 0.1) is 23.2 Å². The maximum Gasteiger partial charge on any atom is 0.269 e. The van der Waals surface area contributed by atoms with Crippen molar-refractivity contribution >= 4 is 11.8 Å². The zero-order valence-corrected chi connectivity index (χ0v) is 18.0. The molecule has 9 heteroatoms. The molecule has 7 nitrogen and oxygen atoms in total. The first-order chi connectivity index (χ1) is 15.0. The van der Waals surface area contributed by atoms with Crippen LogP contribution in [0.4, 0.5) is 8.78 Å². The largest absolute Gasteiger partial charge is 0.372 e. The molecule has 3 atom stereocenters. The molecule has 1 aromatic carbocycles. The Bertz CT molecular complexity index is 1180. The van der Waals surface area contributed by atoms with E-state index in [-0.39, 0.29) is 18.5 Å². The topological polar surface area (TPSA) is 101 Å². The molecular formula is C23H24F2N4O3. The quantitative estimate of drug-likeness (QED) is 0.702. The number of alkyl halides is 2. The summed E-state index contributed by atoms with van der Waals surface area (Å²) in [5.41, 5.74) is 6.35. The standard InChI is InChI=1S/C23H24F2N4O3/c1-4-28(3)21(32)17(30)9-8-13-6-5-7-14(10-13)29-16-12-22(2)18(23(22,24)25)11-15(16)19(27-29)20(26)31/h5-7,10,17-18,30H,4,11-12H2,1-3H3,(H2,26,31)/t17?,18?,22-/m1/s1. The molecule has 1 saturated carbocycles. The number of carbonyl (C=O) groups excluding carboxylic acids is 2. The predicted molar refractivity (Wildman–Crippen MR) is 112 cm³/mol. The van der Waals surface area contributed by atoms with Crippen molar-refractivity contribution in [2.24, 2.45) is 17.1 Å². The molecule has 1 aromatic heterocycles. The fraction of sp³-hybridized carbons (Fsp3) is 0.435. The number of rotatable bonds is 4. The van der Waals surface area contributed by atoms with Crippen molar-refractivity contribution in [3.8, 4) is 17.5 Å². The van der Waals surface area contributed by atoms with E-state index in [1.165, 1.54) is 9.58 Å². The number of amides is 2. The molecule has 2 unspecified atom stereocenters. The lowest BCUT2D eigenvalue weighted by molar-refractivity contribution is -0.135. The van der Waals surface area contributed by atoms with Crippen LogP contribution in [0.3, 0.4) is 0 Å². The van der Waals surface area contributed by atoms with E-state index in [4.69, 9.17) is 5.73 Å². The zero-order valence-electron chi connectivity index (χ0n) is 18.0. The summed E-state index contributed by atoms with van der Waals surface area (Å²) in [6.45, 7) is 3.78. The van der Waals surface area contributed by atoms with Gasteiger partial charge in [0.2, 0.25) is 0 Å². The average Bonchev–Trinajstić information content (AvgIpc) is 3.03. The molecule has 1 fully saturated rings. The van der Waals surface area contributed by atoms with E-state index in [0.717, 1.165) is 0 Å². The van der Waals surface area contributed by atoms with Gasteiger partial charge in [-0.3, -0.25) is 9.59 Å². The third-order valence-corrected chi connectivity index (χ3v) is 6.68. The highest BCUT2D eigenvalue weighted by Crippen LogP contribution is 2.70. The minimum atomic E-state index is -2.80. The Morgan fingerprint density at radius 1 is 1.44 bits per heavy atom.